The lowest BCUT2D eigenvalue weighted by atomic mass is 10.2. The summed E-state index contributed by atoms with van der Waals surface area (Å²) in [5.74, 6) is -0.0510. The van der Waals surface area contributed by atoms with Gasteiger partial charge in [0.05, 0.1) is 24.4 Å². The molecular weight excluding hydrogens is 284 g/mol. The second-order valence-corrected chi connectivity index (χ2v) is 4.53. The lowest BCUT2D eigenvalue weighted by Gasteiger charge is -2.06. The molecule has 0 aliphatic heterocycles. The summed E-state index contributed by atoms with van der Waals surface area (Å²) >= 11 is 0. The van der Waals surface area contributed by atoms with Gasteiger partial charge in [-0.25, -0.2) is 0 Å². The molecule has 2 aromatic heterocycles. The third-order valence-electron chi connectivity index (χ3n) is 3.08. The number of aromatic nitrogens is 1. The highest BCUT2D eigenvalue weighted by molar-refractivity contribution is 6.02. The van der Waals surface area contributed by atoms with E-state index >= 15 is 0 Å². The highest BCUT2D eigenvalue weighted by Gasteiger charge is 2.13. The van der Waals surface area contributed by atoms with Gasteiger partial charge in [0, 0.05) is 18.3 Å². The quantitative estimate of drug-likeness (QED) is 0.803. The summed E-state index contributed by atoms with van der Waals surface area (Å²) in [7, 11) is 1.51. The van der Waals surface area contributed by atoms with Gasteiger partial charge in [-0.3, -0.25) is 14.6 Å². The van der Waals surface area contributed by atoms with Crippen molar-refractivity contribution in [2.24, 2.45) is 0 Å². The Labute approximate surface area is 125 Å². The molecule has 6 nitrogen and oxygen atoms in total. The molecule has 2 heterocycles. The Morgan fingerprint density at radius 2 is 2.14 bits per heavy atom. The molecule has 1 aromatic carbocycles. The van der Waals surface area contributed by atoms with Gasteiger partial charge in [0.25, 0.3) is 5.91 Å². The minimum atomic E-state index is -0.519. The van der Waals surface area contributed by atoms with Crippen molar-refractivity contribution in [2.45, 2.75) is 0 Å². The van der Waals surface area contributed by atoms with Gasteiger partial charge in [0.2, 0.25) is 0 Å². The van der Waals surface area contributed by atoms with Crippen LogP contribution in [0.5, 0.6) is 5.75 Å². The van der Waals surface area contributed by atoms with Crippen LogP contribution >= 0.6 is 0 Å². The van der Waals surface area contributed by atoms with Crippen LogP contribution in [0.25, 0.3) is 11.0 Å². The van der Waals surface area contributed by atoms with Gasteiger partial charge in [-0.15, -0.1) is 0 Å². The van der Waals surface area contributed by atoms with Gasteiger partial charge in [-0.1, -0.05) is 0 Å². The summed E-state index contributed by atoms with van der Waals surface area (Å²) in [5, 5.41) is 3.00. The second-order valence-electron chi connectivity index (χ2n) is 4.53. The first-order valence-corrected chi connectivity index (χ1v) is 6.50. The number of nitrogens with one attached hydrogen (secondary N) is 1. The van der Waals surface area contributed by atoms with E-state index in [1.165, 1.54) is 19.4 Å². The number of anilines is 1. The Kier molecular flexibility index (Phi) is 3.57. The maximum Gasteiger partial charge on any atom is 0.291 e. The zero-order valence-corrected chi connectivity index (χ0v) is 11.7. The molecule has 0 aliphatic carbocycles. The molecule has 6 heteroatoms. The Hall–Kier alpha value is -3.15. The summed E-state index contributed by atoms with van der Waals surface area (Å²) in [4.78, 5) is 28.1. The summed E-state index contributed by atoms with van der Waals surface area (Å²) in [6.07, 6.45) is 3.10. The number of hydrogen-bond acceptors (Lipinski definition) is 5. The summed E-state index contributed by atoms with van der Waals surface area (Å²) in [5.41, 5.74) is 0.518. The fourth-order valence-corrected chi connectivity index (χ4v) is 2.00. The number of benzene rings is 1. The first-order valence-electron chi connectivity index (χ1n) is 6.50. The van der Waals surface area contributed by atoms with E-state index in [-0.39, 0.29) is 11.2 Å². The van der Waals surface area contributed by atoms with Crippen LogP contribution in [0.2, 0.25) is 0 Å². The highest BCUT2D eigenvalue weighted by Crippen LogP contribution is 2.19. The molecule has 22 heavy (non-hydrogen) atoms. The second kappa shape index (κ2) is 5.69. The van der Waals surface area contributed by atoms with Crippen LogP contribution < -0.4 is 15.5 Å². The van der Waals surface area contributed by atoms with E-state index < -0.39 is 5.91 Å². The predicted octanol–water partition coefficient (Wildman–Crippen LogP) is 2.45. The molecule has 0 saturated heterocycles. The van der Waals surface area contributed by atoms with E-state index in [2.05, 4.69) is 10.3 Å². The smallest absolute Gasteiger partial charge is 0.291 e. The average molecular weight is 296 g/mol. The molecule has 3 rings (SSSR count). The average Bonchev–Trinajstić information content (AvgIpc) is 2.55. The molecule has 0 unspecified atom stereocenters. The van der Waals surface area contributed by atoms with Crippen molar-refractivity contribution in [1.82, 2.24) is 4.98 Å². The van der Waals surface area contributed by atoms with Crippen LogP contribution in [0, 0.1) is 0 Å². The van der Waals surface area contributed by atoms with E-state index in [0.29, 0.717) is 22.4 Å². The van der Waals surface area contributed by atoms with Crippen molar-refractivity contribution in [2.75, 3.05) is 12.4 Å². The largest absolute Gasteiger partial charge is 0.497 e. The number of fused-ring (bicyclic) bond motifs is 1. The fourth-order valence-electron chi connectivity index (χ4n) is 2.00. The summed E-state index contributed by atoms with van der Waals surface area (Å²) < 4.78 is 10.6. The standard InChI is InChI=1S/C16H12N2O4/c1-21-11-4-5-12-13(19)8-15(22-14(12)7-11)16(20)18-10-3-2-6-17-9-10/h2-9H,1H3,(H,18,20). The van der Waals surface area contributed by atoms with Gasteiger partial charge < -0.3 is 14.5 Å². The van der Waals surface area contributed by atoms with Gasteiger partial charge in [-0.2, -0.15) is 0 Å². The third-order valence-corrected chi connectivity index (χ3v) is 3.08. The molecule has 0 radical (unpaired) electrons. The summed E-state index contributed by atoms with van der Waals surface area (Å²) in [6, 6.07) is 9.37. The number of pyridine rings is 1. The van der Waals surface area contributed by atoms with Crippen LogP contribution in [-0.2, 0) is 0 Å². The molecule has 0 bridgehead atoms. The van der Waals surface area contributed by atoms with Crippen LogP contribution in [0.3, 0.4) is 0 Å². The Bertz CT molecular complexity index is 888. The van der Waals surface area contributed by atoms with Crippen LogP contribution in [0.4, 0.5) is 5.69 Å². The minimum absolute atomic E-state index is 0.0744. The Balaban J connectivity index is 2.00. The number of amides is 1. The molecule has 0 saturated carbocycles. The maximum absolute atomic E-state index is 12.2. The van der Waals surface area contributed by atoms with Gasteiger partial charge >= 0.3 is 0 Å². The van der Waals surface area contributed by atoms with Crippen molar-refractivity contribution in [3.8, 4) is 5.75 Å². The molecule has 0 atom stereocenters. The van der Waals surface area contributed by atoms with Crippen LogP contribution in [-0.4, -0.2) is 18.0 Å². The van der Waals surface area contributed by atoms with Crippen molar-refractivity contribution in [3.05, 3.63) is 64.8 Å². The third kappa shape index (κ3) is 2.67. The summed E-state index contributed by atoms with van der Waals surface area (Å²) in [6.45, 7) is 0. The topological polar surface area (TPSA) is 81.4 Å². The number of rotatable bonds is 3. The number of nitrogens with zero attached hydrogens (tertiary/aromatic N) is 1. The highest BCUT2D eigenvalue weighted by atomic mass is 16.5. The van der Waals surface area contributed by atoms with E-state index in [9.17, 15) is 9.59 Å². The Morgan fingerprint density at radius 1 is 1.27 bits per heavy atom. The maximum atomic E-state index is 12.2. The number of carbonyl (C=O) groups is 1. The molecule has 110 valence electrons. The zero-order valence-electron chi connectivity index (χ0n) is 11.7. The van der Waals surface area contributed by atoms with Crippen molar-refractivity contribution in [3.63, 3.8) is 0 Å². The van der Waals surface area contributed by atoms with E-state index in [1.807, 2.05) is 0 Å². The normalized spacial score (nSPS) is 10.4. The monoisotopic (exact) mass is 296 g/mol. The molecular formula is C16H12N2O4. The van der Waals surface area contributed by atoms with Gasteiger partial charge in [0.15, 0.2) is 11.2 Å². The van der Waals surface area contributed by atoms with Gasteiger partial charge in [-0.05, 0) is 24.3 Å². The number of hydrogen-bond donors (Lipinski definition) is 1. The molecule has 0 aliphatic rings. The van der Waals surface area contributed by atoms with Crippen LogP contribution in [0.15, 0.2) is 58.0 Å². The van der Waals surface area contributed by atoms with Crippen molar-refractivity contribution >= 4 is 22.6 Å². The number of ether oxygens (including phenoxy) is 1. The van der Waals surface area contributed by atoms with Crippen molar-refractivity contribution in [1.29, 1.82) is 0 Å². The first kappa shape index (κ1) is 13.8. The molecule has 1 N–H and O–H groups in total. The number of carbonyl (C=O) groups excluding carboxylic acids is 1. The van der Waals surface area contributed by atoms with E-state index in [1.54, 1.807) is 36.5 Å². The van der Waals surface area contributed by atoms with E-state index in [0.717, 1.165) is 0 Å². The minimum Gasteiger partial charge on any atom is -0.497 e. The zero-order chi connectivity index (χ0) is 15.5. The Morgan fingerprint density at radius 3 is 2.86 bits per heavy atom. The number of methoxy groups -OCH3 is 1. The molecule has 0 spiro atoms. The lowest BCUT2D eigenvalue weighted by Crippen LogP contribution is -2.15. The molecule has 0 fully saturated rings. The SMILES string of the molecule is COc1ccc2c(=O)cc(C(=O)Nc3cccnc3)oc2c1. The predicted molar refractivity (Wildman–Crippen MR) is 81.2 cm³/mol. The van der Waals surface area contributed by atoms with E-state index in [4.69, 9.17) is 9.15 Å². The van der Waals surface area contributed by atoms with Crippen LogP contribution in [0.1, 0.15) is 10.6 Å². The first-order chi connectivity index (χ1) is 10.7. The van der Waals surface area contributed by atoms with Crippen molar-refractivity contribution < 1.29 is 13.9 Å². The fraction of sp³-hybridized carbons (Fsp3) is 0.0625. The van der Waals surface area contributed by atoms with Gasteiger partial charge in [0.1, 0.15) is 11.3 Å². The lowest BCUT2D eigenvalue weighted by molar-refractivity contribution is 0.0997. The molecule has 3 aromatic rings. The molecule has 1 amide bonds.